The Hall–Kier alpha value is -3.47. The molecule has 4 unspecified atom stereocenters. The third kappa shape index (κ3) is 2.62. The number of rotatable bonds is 2. The molecule has 5 N–H and O–H groups in total. The number of hydrogen-bond acceptors (Lipinski definition) is 8. The molecule has 0 spiro atoms. The van der Waals surface area contributed by atoms with Gasteiger partial charge in [-0.15, -0.1) is 0 Å². The van der Waals surface area contributed by atoms with Crippen molar-refractivity contribution in [1.82, 2.24) is 4.68 Å². The fraction of sp³-hybridized carbons (Fsp3) is 0.455. The summed E-state index contributed by atoms with van der Waals surface area (Å²) in [5, 5.41) is 10.4. The summed E-state index contributed by atoms with van der Waals surface area (Å²) < 4.78 is 27.9. The molecule has 3 aliphatic carbocycles. The van der Waals surface area contributed by atoms with Gasteiger partial charge >= 0.3 is 6.16 Å². The predicted octanol–water partition coefficient (Wildman–Crippen LogP) is 1.43. The minimum absolute atomic E-state index is 0.0551. The lowest BCUT2D eigenvalue weighted by Gasteiger charge is -2.47. The molecular weight excluding hydrogens is 433 g/mol. The predicted molar refractivity (Wildman–Crippen MR) is 119 cm³/mol. The van der Waals surface area contributed by atoms with E-state index in [1.807, 2.05) is 4.90 Å². The van der Waals surface area contributed by atoms with Crippen LogP contribution in [0, 0.1) is 23.6 Å². The maximum atomic E-state index is 15.8. The average molecular weight is 457 g/mol. The molecule has 2 aliphatic heterocycles. The molecule has 3 heterocycles. The van der Waals surface area contributed by atoms with Crippen molar-refractivity contribution in [2.45, 2.75) is 18.4 Å². The average Bonchev–Trinajstić information content (AvgIpc) is 3.23. The molecule has 2 bridgehead atoms. The lowest BCUT2D eigenvalue weighted by molar-refractivity contribution is 0.139. The fourth-order valence-corrected chi connectivity index (χ4v) is 6.15. The second kappa shape index (κ2) is 6.53. The van der Waals surface area contributed by atoms with Gasteiger partial charge in [-0.2, -0.15) is 0 Å². The van der Waals surface area contributed by atoms with Crippen LogP contribution in [0.25, 0.3) is 10.9 Å². The fourth-order valence-electron chi connectivity index (χ4n) is 6.15. The lowest BCUT2D eigenvalue weighted by atomic mass is 9.60. The van der Waals surface area contributed by atoms with E-state index in [1.54, 1.807) is 12.1 Å². The van der Waals surface area contributed by atoms with Gasteiger partial charge in [-0.05, 0) is 24.7 Å². The standard InChI is InChI=1S/C22H24FN5O5/c1-26-9-32-20-17-14(19(29)13(8-28(17)26)33-21(30)31)16(24)15(23)18(20)27-6-11-10-2-4-22(25,5-3-10)12(11)7-27/h2,4,8,10-12H,3,5-7,9,24-25H2,1H3,(H,30,31). The van der Waals surface area contributed by atoms with Crippen LogP contribution in [0.4, 0.5) is 20.6 Å². The number of nitrogens with zero attached hydrogens (tertiary/aromatic N) is 3. The van der Waals surface area contributed by atoms with Gasteiger partial charge in [0.25, 0.3) is 0 Å². The number of anilines is 2. The topological polar surface area (TPSA) is 136 Å². The number of hydrogen-bond donors (Lipinski definition) is 3. The molecular formula is C22H24FN5O5. The van der Waals surface area contributed by atoms with Crippen molar-refractivity contribution in [3.8, 4) is 11.5 Å². The number of nitrogens with two attached hydrogens (primary N) is 2. The number of carboxylic acid groups (broad SMARTS) is 1. The molecule has 5 aliphatic rings. The van der Waals surface area contributed by atoms with Crippen LogP contribution >= 0.6 is 0 Å². The second-order valence-corrected chi connectivity index (χ2v) is 9.44. The van der Waals surface area contributed by atoms with E-state index in [2.05, 4.69) is 16.9 Å². The van der Waals surface area contributed by atoms with Crippen LogP contribution in [0.3, 0.4) is 0 Å². The van der Waals surface area contributed by atoms with Crippen LogP contribution < -0.4 is 36.3 Å². The van der Waals surface area contributed by atoms with Gasteiger partial charge in [-0.25, -0.2) is 9.18 Å². The minimum atomic E-state index is -1.65. The zero-order valence-electron chi connectivity index (χ0n) is 18.0. The van der Waals surface area contributed by atoms with Gasteiger partial charge in [0.15, 0.2) is 18.3 Å². The molecule has 2 aromatic rings. The molecule has 1 aromatic carbocycles. The first-order valence-corrected chi connectivity index (χ1v) is 10.9. The molecule has 10 nitrogen and oxygen atoms in total. The summed E-state index contributed by atoms with van der Waals surface area (Å²) in [6.07, 6.45) is 5.83. The molecule has 1 saturated carbocycles. The SMILES string of the molecule is CN1COc2c(N3CC4C5C=CC(N)(CC5)C4C3)c(F)c(N)c3c(=O)c(OC(=O)O)cn1c23. The Labute approximate surface area is 187 Å². The zero-order valence-corrected chi connectivity index (χ0v) is 18.0. The summed E-state index contributed by atoms with van der Waals surface area (Å²) in [6.45, 7) is 1.22. The Morgan fingerprint density at radius 2 is 2.18 bits per heavy atom. The number of carbonyl (C=O) groups is 1. The second-order valence-electron chi connectivity index (χ2n) is 9.44. The van der Waals surface area contributed by atoms with Gasteiger partial charge in [-0.1, -0.05) is 12.2 Å². The number of benzene rings is 1. The molecule has 1 aromatic heterocycles. The van der Waals surface area contributed by atoms with E-state index in [-0.39, 0.29) is 40.7 Å². The van der Waals surface area contributed by atoms with Crippen LogP contribution in [-0.2, 0) is 0 Å². The van der Waals surface area contributed by atoms with Gasteiger partial charge in [0.05, 0.1) is 17.3 Å². The first-order valence-electron chi connectivity index (χ1n) is 10.9. The number of pyridine rings is 1. The number of aromatic nitrogens is 1. The lowest BCUT2D eigenvalue weighted by Crippen LogP contribution is -2.55. The van der Waals surface area contributed by atoms with Crippen LogP contribution in [-0.4, -0.2) is 48.3 Å². The Kier molecular flexibility index (Phi) is 3.99. The van der Waals surface area contributed by atoms with E-state index >= 15 is 4.39 Å². The highest BCUT2D eigenvalue weighted by molar-refractivity contribution is 6.01. The summed E-state index contributed by atoms with van der Waals surface area (Å²) in [6, 6.07) is 0. The molecule has 1 saturated heterocycles. The van der Waals surface area contributed by atoms with Crippen molar-refractivity contribution in [2.24, 2.45) is 23.5 Å². The summed E-state index contributed by atoms with van der Waals surface area (Å²) in [4.78, 5) is 26.0. The number of fused-ring (bicyclic) bond motifs is 1. The Morgan fingerprint density at radius 1 is 1.39 bits per heavy atom. The van der Waals surface area contributed by atoms with E-state index < -0.39 is 28.7 Å². The Bertz CT molecular complexity index is 1310. The van der Waals surface area contributed by atoms with Gasteiger partial charge in [0, 0.05) is 31.6 Å². The summed E-state index contributed by atoms with van der Waals surface area (Å²) in [5.74, 6) is -0.124. The number of ether oxygens (including phenoxy) is 2. The molecule has 0 radical (unpaired) electrons. The Balaban J connectivity index is 1.55. The van der Waals surface area contributed by atoms with Crippen molar-refractivity contribution < 1.29 is 23.8 Å². The molecule has 33 heavy (non-hydrogen) atoms. The van der Waals surface area contributed by atoms with E-state index in [1.165, 1.54) is 10.9 Å². The van der Waals surface area contributed by atoms with Crippen LogP contribution in [0.2, 0.25) is 0 Å². The van der Waals surface area contributed by atoms with Crippen molar-refractivity contribution in [3.63, 3.8) is 0 Å². The molecule has 4 atom stereocenters. The van der Waals surface area contributed by atoms with Gasteiger partial charge in [-0.3, -0.25) is 14.5 Å². The third-order valence-electron chi connectivity index (χ3n) is 7.75. The van der Waals surface area contributed by atoms with E-state index in [0.717, 1.165) is 12.8 Å². The van der Waals surface area contributed by atoms with Gasteiger partial charge < -0.3 is 30.9 Å². The van der Waals surface area contributed by atoms with Crippen LogP contribution in [0.1, 0.15) is 12.8 Å². The Morgan fingerprint density at radius 3 is 2.85 bits per heavy atom. The van der Waals surface area contributed by atoms with E-state index in [9.17, 15) is 9.59 Å². The number of halogens is 1. The first kappa shape index (κ1) is 20.2. The number of allylic oxidation sites excluding steroid dienone is 1. The highest BCUT2D eigenvalue weighted by Gasteiger charge is 2.53. The highest BCUT2D eigenvalue weighted by Crippen LogP contribution is 2.53. The van der Waals surface area contributed by atoms with Crippen molar-refractivity contribution in [3.05, 3.63) is 34.4 Å². The third-order valence-corrected chi connectivity index (χ3v) is 7.75. The maximum absolute atomic E-state index is 15.8. The van der Waals surface area contributed by atoms with Crippen molar-refractivity contribution in [2.75, 3.05) is 42.5 Å². The van der Waals surface area contributed by atoms with Crippen molar-refractivity contribution >= 4 is 28.4 Å². The van der Waals surface area contributed by atoms with Gasteiger partial charge in [0.1, 0.15) is 11.2 Å². The summed E-state index contributed by atoms with van der Waals surface area (Å²) >= 11 is 0. The maximum Gasteiger partial charge on any atom is 0.511 e. The first-order chi connectivity index (χ1) is 15.7. The number of nitrogen functional groups attached to an aromatic ring is 1. The van der Waals surface area contributed by atoms with Gasteiger partial charge in [0.2, 0.25) is 11.2 Å². The normalized spacial score (nSPS) is 29.4. The molecule has 7 rings (SSSR count). The highest BCUT2D eigenvalue weighted by atomic mass is 19.1. The largest absolute Gasteiger partial charge is 0.511 e. The van der Waals surface area contributed by atoms with Crippen molar-refractivity contribution in [1.29, 1.82) is 0 Å². The van der Waals surface area contributed by atoms with E-state index in [0.29, 0.717) is 24.9 Å². The van der Waals surface area contributed by atoms with E-state index in [4.69, 9.17) is 21.3 Å². The molecule has 2 fully saturated rings. The molecule has 0 amide bonds. The quantitative estimate of drug-likeness (QED) is 0.347. The molecule has 11 heteroatoms. The van der Waals surface area contributed by atoms with Crippen LogP contribution in [0.15, 0.2) is 23.1 Å². The summed E-state index contributed by atoms with van der Waals surface area (Å²) in [5.41, 5.74) is 11.8. The minimum Gasteiger partial charge on any atom is -0.467 e. The van der Waals surface area contributed by atoms with Crippen LogP contribution in [0.5, 0.6) is 11.5 Å². The monoisotopic (exact) mass is 457 g/mol. The summed E-state index contributed by atoms with van der Waals surface area (Å²) in [7, 11) is 1.68. The molecule has 174 valence electrons. The smallest absolute Gasteiger partial charge is 0.467 e. The zero-order chi connectivity index (χ0) is 23.2.